The van der Waals surface area contributed by atoms with E-state index in [1.807, 2.05) is 0 Å². The summed E-state index contributed by atoms with van der Waals surface area (Å²) in [5.74, 6) is 1.38. The summed E-state index contributed by atoms with van der Waals surface area (Å²) < 4.78 is 18.1. The molecule has 0 aromatic carbocycles. The number of unbranched alkanes of at least 4 members (excludes halogenated alkanes) is 1. The van der Waals surface area contributed by atoms with E-state index < -0.39 is 8.32 Å². The Kier molecular flexibility index (Phi) is 10.3. The molecule has 0 amide bonds. The van der Waals surface area contributed by atoms with Gasteiger partial charge in [0.2, 0.25) is 0 Å². The Morgan fingerprint density at radius 2 is 1.79 bits per heavy atom. The van der Waals surface area contributed by atoms with Crippen LogP contribution in [0.1, 0.15) is 113 Å². The van der Waals surface area contributed by atoms with Crippen molar-refractivity contribution < 1.29 is 13.9 Å². The summed E-state index contributed by atoms with van der Waals surface area (Å²) in [6, 6.07) is 0. The molecule has 1 saturated carbocycles. The van der Waals surface area contributed by atoms with Crippen LogP contribution in [0.4, 0.5) is 0 Å². The monoisotopic (exact) mass is 480 g/mol. The Hall–Kier alpha value is -0.163. The highest BCUT2D eigenvalue weighted by atomic mass is 28.4. The van der Waals surface area contributed by atoms with Gasteiger partial charge in [0.25, 0.3) is 0 Å². The molecule has 3 nitrogen and oxygen atoms in total. The molecule has 194 valence electrons. The van der Waals surface area contributed by atoms with Gasteiger partial charge in [-0.25, -0.2) is 0 Å². The molecule has 0 unspecified atom stereocenters. The standard InChI is InChI=1S/C29H56O3Si/c1-11-12-15-23(16-13-20-28(5,6)31-22-30-8)24-18-19-25-26(17-14-21-29(24,25)7)32-33(9,10)27(2,3)4/h18,23,25-26H,11-17,19-22H2,1-10H3/t23-,25-,26-,29+/m0/s1. The minimum absolute atomic E-state index is 0.116. The second-order valence-corrected chi connectivity index (χ2v) is 18.0. The number of hydrogen-bond acceptors (Lipinski definition) is 3. The summed E-state index contributed by atoms with van der Waals surface area (Å²) in [5, 5.41) is 0.275. The molecule has 2 rings (SSSR count). The van der Waals surface area contributed by atoms with Crippen molar-refractivity contribution >= 4 is 8.32 Å². The van der Waals surface area contributed by atoms with Crippen LogP contribution < -0.4 is 0 Å². The normalized spacial score (nSPS) is 27.4. The first-order chi connectivity index (χ1) is 15.3. The van der Waals surface area contributed by atoms with Gasteiger partial charge in [-0.3, -0.25) is 0 Å². The van der Waals surface area contributed by atoms with Crippen LogP contribution in [-0.4, -0.2) is 33.9 Å². The van der Waals surface area contributed by atoms with Gasteiger partial charge in [0.05, 0.1) is 5.60 Å². The summed E-state index contributed by atoms with van der Waals surface area (Å²) in [5.41, 5.74) is 1.99. The topological polar surface area (TPSA) is 27.7 Å². The Morgan fingerprint density at radius 3 is 2.39 bits per heavy atom. The van der Waals surface area contributed by atoms with E-state index in [4.69, 9.17) is 13.9 Å². The van der Waals surface area contributed by atoms with Crippen LogP contribution >= 0.6 is 0 Å². The lowest BCUT2D eigenvalue weighted by molar-refractivity contribution is -0.118. The average Bonchev–Trinajstić information content (AvgIpc) is 3.06. The molecule has 0 aromatic heterocycles. The van der Waals surface area contributed by atoms with Crippen molar-refractivity contribution in [3.05, 3.63) is 11.6 Å². The Labute approximate surface area is 207 Å². The van der Waals surface area contributed by atoms with Crippen molar-refractivity contribution in [3.8, 4) is 0 Å². The zero-order valence-electron chi connectivity index (χ0n) is 23.8. The third kappa shape index (κ3) is 7.41. The SMILES string of the molecule is CCCC[C@@H](CCCC(C)(C)OCOC)C1=CC[C@H]2[C@@H](O[Si](C)(C)C(C)(C)C)CCC[C@]12C. The largest absolute Gasteiger partial charge is 0.414 e. The second-order valence-electron chi connectivity index (χ2n) is 13.3. The van der Waals surface area contributed by atoms with Crippen LogP contribution in [0.15, 0.2) is 11.6 Å². The predicted molar refractivity (Wildman–Crippen MR) is 144 cm³/mol. The number of allylic oxidation sites excluding steroid dienone is 2. The fourth-order valence-corrected chi connectivity index (χ4v) is 7.42. The summed E-state index contributed by atoms with van der Waals surface area (Å²) in [6.45, 7) is 21.7. The molecule has 2 aliphatic rings. The predicted octanol–water partition coefficient (Wildman–Crippen LogP) is 8.89. The number of rotatable bonds is 13. The molecule has 0 radical (unpaired) electrons. The molecule has 2 aliphatic carbocycles. The lowest BCUT2D eigenvalue weighted by Gasteiger charge is -2.49. The van der Waals surface area contributed by atoms with Gasteiger partial charge in [0.15, 0.2) is 8.32 Å². The van der Waals surface area contributed by atoms with Crippen molar-refractivity contribution in [3.63, 3.8) is 0 Å². The highest BCUT2D eigenvalue weighted by Gasteiger charge is 2.51. The minimum Gasteiger partial charge on any atom is -0.414 e. The maximum Gasteiger partial charge on any atom is 0.192 e. The molecule has 0 saturated heterocycles. The van der Waals surface area contributed by atoms with Gasteiger partial charge in [-0.1, -0.05) is 72.0 Å². The molecule has 33 heavy (non-hydrogen) atoms. The number of fused-ring (bicyclic) bond motifs is 1. The van der Waals surface area contributed by atoms with Crippen LogP contribution in [-0.2, 0) is 13.9 Å². The van der Waals surface area contributed by atoms with Gasteiger partial charge in [-0.05, 0) is 87.8 Å². The maximum absolute atomic E-state index is 7.07. The van der Waals surface area contributed by atoms with Crippen molar-refractivity contribution in [1.29, 1.82) is 0 Å². The van der Waals surface area contributed by atoms with Crippen LogP contribution in [0.25, 0.3) is 0 Å². The van der Waals surface area contributed by atoms with Crippen LogP contribution in [0, 0.1) is 17.3 Å². The van der Waals surface area contributed by atoms with Gasteiger partial charge in [-0.2, -0.15) is 0 Å². The summed E-state index contributed by atoms with van der Waals surface area (Å²) >= 11 is 0. The Balaban J connectivity index is 2.11. The lowest BCUT2D eigenvalue weighted by Crippen LogP contribution is -2.49. The average molecular weight is 481 g/mol. The molecule has 0 N–H and O–H groups in total. The third-order valence-corrected chi connectivity index (χ3v) is 13.7. The maximum atomic E-state index is 7.07. The summed E-state index contributed by atoms with van der Waals surface area (Å²) in [4.78, 5) is 0. The van der Waals surface area contributed by atoms with E-state index in [2.05, 4.69) is 67.6 Å². The van der Waals surface area contributed by atoms with Crippen molar-refractivity contribution in [1.82, 2.24) is 0 Å². The highest BCUT2D eigenvalue weighted by Crippen LogP contribution is 2.57. The molecule has 0 aliphatic heterocycles. The number of ether oxygens (including phenoxy) is 2. The third-order valence-electron chi connectivity index (χ3n) is 9.20. The number of hydrogen-bond donors (Lipinski definition) is 0. The van der Waals surface area contributed by atoms with E-state index in [0.29, 0.717) is 30.1 Å². The second kappa shape index (κ2) is 11.7. The van der Waals surface area contributed by atoms with Gasteiger partial charge < -0.3 is 13.9 Å². The minimum atomic E-state index is -1.76. The molecule has 0 heterocycles. The van der Waals surface area contributed by atoms with E-state index in [-0.39, 0.29) is 10.6 Å². The fraction of sp³-hybridized carbons (Fsp3) is 0.931. The fourth-order valence-electron chi connectivity index (χ4n) is 6.02. The van der Waals surface area contributed by atoms with E-state index >= 15 is 0 Å². The summed E-state index contributed by atoms with van der Waals surface area (Å²) in [6.07, 6.45) is 15.7. The first-order valence-electron chi connectivity index (χ1n) is 13.8. The van der Waals surface area contributed by atoms with Crippen molar-refractivity contribution in [2.75, 3.05) is 13.9 Å². The smallest absolute Gasteiger partial charge is 0.192 e. The van der Waals surface area contributed by atoms with Gasteiger partial charge >= 0.3 is 0 Å². The molecule has 4 heteroatoms. The molecule has 4 atom stereocenters. The first kappa shape index (κ1) is 29.1. The van der Waals surface area contributed by atoms with E-state index in [9.17, 15) is 0 Å². The van der Waals surface area contributed by atoms with Crippen molar-refractivity contribution in [2.45, 2.75) is 143 Å². The lowest BCUT2D eigenvalue weighted by atomic mass is 9.62. The van der Waals surface area contributed by atoms with E-state index in [0.717, 1.165) is 6.42 Å². The Bertz CT molecular complexity index is 633. The summed E-state index contributed by atoms with van der Waals surface area (Å²) in [7, 11) is -0.0546. The van der Waals surface area contributed by atoms with E-state index in [1.54, 1.807) is 12.7 Å². The number of methoxy groups -OCH3 is 1. The first-order valence-corrected chi connectivity index (χ1v) is 16.7. The molecule has 1 fully saturated rings. The quantitative estimate of drug-likeness (QED) is 0.150. The molecule has 0 bridgehead atoms. The molecular weight excluding hydrogens is 424 g/mol. The van der Waals surface area contributed by atoms with E-state index in [1.165, 1.54) is 57.8 Å². The molecular formula is C29H56O3Si. The Morgan fingerprint density at radius 1 is 1.12 bits per heavy atom. The van der Waals surface area contributed by atoms with Gasteiger partial charge in [0.1, 0.15) is 6.79 Å². The van der Waals surface area contributed by atoms with Crippen LogP contribution in [0.3, 0.4) is 0 Å². The zero-order valence-corrected chi connectivity index (χ0v) is 24.8. The van der Waals surface area contributed by atoms with Gasteiger partial charge in [0, 0.05) is 13.2 Å². The van der Waals surface area contributed by atoms with Crippen molar-refractivity contribution in [2.24, 2.45) is 17.3 Å². The zero-order chi connectivity index (χ0) is 24.9. The van der Waals surface area contributed by atoms with Crippen LogP contribution in [0.2, 0.25) is 18.1 Å². The molecule has 0 aromatic rings. The van der Waals surface area contributed by atoms with Gasteiger partial charge in [-0.15, -0.1) is 0 Å². The van der Waals surface area contributed by atoms with Crippen LogP contribution in [0.5, 0.6) is 0 Å². The highest BCUT2D eigenvalue weighted by molar-refractivity contribution is 6.74. The molecule has 0 spiro atoms.